The molecule has 0 N–H and O–H groups in total. The predicted molar refractivity (Wildman–Crippen MR) is 269 cm³/mol. The van der Waals surface area contributed by atoms with Gasteiger partial charge < -0.3 is 0 Å². The summed E-state index contributed by atoms with van der Waals surface area (Å²) in [4.78, 5) is 23.7. The van der Waals surface area contributed by atoms with Crippen LogP contribution in [0.4, 0.5) is 0 Å². The van der Waals surface area contributed by atoms with E-state index in [1.165, 1.54) is 68.7 Å². The number of thiophene rings is 1. The minimum Gasteiger partial charge on any atom is -0.247 e. The van der Waals surface area contributed by atoms with Gasteiger partial charge in [0.1, 0.15) is 0 Å². The SMILES string of the molecule is c1ccc(-c2nc(-c3cccc(-c4nc5ccccc5c5c6c(ccc45)C4(c5ccccc5S6)c5ccccc5-c5ccccc54)c3)nc(-c3cccc4c3sc3ccccc34)n2)cc1. The fourth-order valence-electron chi connectivity index (χ4n) is 10.6. The third-order valence-corrected chi connectivity index (χ3v) is 15.8. The molecule has 4 heterocycles. The number of pyridine rings is 1. The number of rotatable bonds is 4. The van der Waals surface area contributed by atoms with Crippen molar-refractivity contribution in [2.24, 2.45) is 0 Å². The van der Waals surface area contributed by atoms with Gasteiger partial charge in [0.2, 0.25) is 0 Å². The van der Waals surface area contributed by atoms with Crippen LogP contribution in [0.1, 0.15) is 22.3 Å². The monoisotopic (exact) mass is 862 g/mol. The Bertz CT molecular complexity index is 3900. The standard InChI is InChI=1S/C59H34N4S2/c1-2-16-35(17-3-1)56-61-57(63-58(62-56)44-25-15-24-41-40-22-7-12-30-50(40)64-54(41)44)37-19-14-18-36(34-37)53-43-32-33-48-55(52(43)42-23-6-11-29-49(42)60-53)65-51-31-13-10-28-47(51)59(48)45-26-8-4-20-38(45)39-21-5-9-27-46(39)59/h1-34H. The van der Waals surface area contributed by atoms with Crippen LogP contribution in [0, 0.1) is 0 Å². The van der Waals surface area contributed by atoms with Crippen molar-refractivity contribution in [1.29, 1.82) is 0 Å². The topological polar surface area (TPSA) is 51.6 Å². The first-order valence-corrected chi connectivity index (χ1v) is 23.5. The molecule has 65 heavy (non-hydrogen) atoms. The Balaban J connectivity index is 0.995. The van der Waals surface area contributed by atoms with E-state index < -0.39 is 5.41 Å². The highest BCUT2D eigenvalue weighted by atomic mass is 32.2. The first kappa shape index (κ1) is 36.7. The average molecular weight is 863 g/mol. The smallest absolute Gasteiger partial charge is 0.165 e. The summed E-state index contributed by atoms with van der Waals surface area (Å²) in [6.45, 7) is 0. The molecule has 6 heteroatoms. The van der Waals surface area contributed by atoms with E-state index in [4.69, 9.17) is 19.9 Å². The summed E-state index contributed by atoms with van der Waals surface area (Å²) >= 11 is 3.67. The zero-order chi connectivity index (χ0) is 42.6. The lowest BCUT2D eigenvalue weighted by Crippen LogP contribution is -2.32. The van der Waals surface area contributed by atoms with Crippen molar-refractivity contribution < 1.29 is 0 Å². The van der Waals surface area contributed by atoms with Crippen molar-refractivity contribution >= 4 is 64.9 Å². The summed E-state index contributed by atoms with van der Waals surface area (Å²) < 4.78 is 2.41. The summed E-state index contributed by atoms with van der Waals surface area (Å²) in [5, 5.41) is 5.93. The Labute approximate surface area is 383 Å². The predicted octanol–water partition coefficient (Wildman–Crippen LogP) is 15.4. The lowest BCUT2D eigenvalue weighted by molar-refractivity contribution is 0.726. The molecule has 0 saturated carbocycles. The highest BCUT2D eigenvalue weighted by Gasteiger charge is 2.50. The average Bonchev–Trinajstić information content (AvgIpc) is 3.90. The molecule has 14 rings (SSSR count). The van der Waals surface area contributed by atoms with Gasteiger partial charge in [-0.15, -0.1) is 11.3 Å². The number of para-hydroxylation sites is 1. The van der Waals surface area contributed by atoms with Gasteiger partial charge >= 0.3 is 0 Å². The third-order valence-electron chi connectivity index (χ3n) is 13.4. The summed E-state index contributed by atoms with van der Waals surface area (Å²) in [6.07, 6.45) is 0. The fraction of sp³-hybridized carbons (Fsp3) is 0.0169. The Morgan fingerprint density at radius 2 is 0.969 bits per heavy atom. The molecule has 1 aliphatic carbocycles. The first-order chi connectivity index (χ1) is 32.2. The minimum absolute atomic E-state index is 0.476. The third kappa shape index (κ3) is 5.32. The molecule has 2 aliphatic rings. The Morgan fingerprint density at radius 1 is 0.369 bits per heavy atom. The van der Waals surface area contributed by atoms with Crippen LogP contribution >= 0.6 is 23.1 Å². The van der Waals surface area contributed by atoms with E-state index in [0.717, 1.165) is 44.2 Å². The molecule has 1 aliphatic heterocycles. The van der Waals surface area contributed by atoms with E-state index in [1.54, 1.807) is 11.3 Å². The maximum absolute atomic E-state index is 5.49. The second-order valence-corrected chi connectivity index (χ2v) is 18.9. The van der Waals surface area contributed by atoms with Crippen molar-refractivity contribution in [2.45, 2.75) is 15.2 Å². The molecule has 9 aromatic carbocycles. The van der Waals surface area contributed by atoms with Crippen molar-refractivity contribution in [3.63, 3.8) is 0 Å². The van der Waals surface area contributed by atoms with Crippen LogP contribution in [0.2, 0.25) is 0 Å². The number of benzene rings is 9. The maximum Gasteiger partial charge on any atom is 0.165 e. The molecule has 3 aromatic heterocycles. The number of hydrogen-bond donors (Lipinski definition) is 0. The molecule has 0 atom stereocenters. The number of aromatic nitrogens is 4. The van der Waals surface area contributed by atoms with E-state index >= 15 is 0 Å². The zero-order valence-corrected chi connectivity index (χ0v) is 36.4. The molecule has 0 bridgehead atoms. The molecule has 302 valence electrons. The highest BCUT2D eigenvalue weighted by molar-refractivity contribution is 7.99. The summed E-state index contributed by atoms with van der Waals surface area (Å²) in [7, 11) is 0. The van der Waals surface area contributed by atoms with Gasteiger partial charge in [-0.2, -0.15) is 0 Å². The largest absolute Gasteiger partial charge is 0.247 e. The van der Waals surface area contributed by atoms with Gasteiger partial charge in [-0.3, -0.25) is 0 Å². The van der Waals surface area contributed by atoms with Gasteiger partial charge in [0.25, 0.3) is 0 Å². The summed E-state index contributed by atoms with van der Waals surface area (Å²) in [5.41, 5.74) is 13.1. The van der Waals surface area contributed by atoms with Crippen LogP contribution < -0.4 is 0 Å². The van der Waals surface area contributed by atoms with Gasteiger partial charge in [-0.25, -0.2) is 19.9 Å². The second-order valence-electron chi connectivity index (χ2n) is 16.8. The highest BCUT2D eigenvalue weighted by Crippen LogP contribution is 2.63. The van der Waals surface area contributed by atoms with Crippen molar-refractivity contribution in [2.75, 3.05) is 0 Å². The van der Waals surface area contributed by atoms with Gasteiger partial charge in [0.05, 0.1) is 16.6 Å². The van der Waals surface area contributed by atoms with Crippen molar-refractivity contribution in [3.8, 4) is 56.5 Å². The molecule has 12 aromatic rings. The van der Waals surface area contributed by atoms with E-state index in [9.17, 15) is 0 Å². The molecular formula is C59H34N4S2. The molecule has 0 radical (unpaired) electrons. The minimum atomic E-state index is -0.476. The van der Waals surface area contributed by atoms with Gasteiger partial charge in [0, 0.05) is 68.4 Å². The molecular weight excluding hydrogens is 829 g/mol. The van der Waals surface area contributed by atoms with E-state index in [-0.39, 0.29) is 0 Å². The Morgan fingerprint density at radius 3 is 1.80 bits per heavy atom. The van der Waals surface area contributed by atoms with Crippen LogP contribution in [0.25, 0.3) is 98.4 Å². The molecule has 0 unspecified atom stereocenters. The summed E-state index contributed by atoms with van der Waals surface area (Å²) in [5.74, 6) is 1.90. The van der Waals surface area contributed by atoms with Crippen LogP contribution in [0.5, 0.6) is 0 Å². The molecule has 4 nitrogen and oxygen atoms in total. The van der Waals surface area contributed by atoms with Crippen LogP contribution in [0.3, 0.4) is 0 Å². The van der Waals surface area contributed by atoms with Crippen LogP contribution in [-0.4, -0.2) is 19.9 Å². The second kappa shape index (κ2) is 14.1. The van der Waals surface area contributed by atoms with Crippen LogP contribution in [-0.2, 0) is 5.41 Å². The first-order valence-electron chi connectivity index (χ1n) is 21.9. The quantitative estimate of drug-likeness (QED) is 0.165. The fourth-order valence-corrected chi connectivity index (χ4v) is 13.2. The van der Waals surface area contributed by atoms with Gasteiger partial charge in [-0.1, -0.05) is 188 Å². The lowest BCUT2D eigenvalue weighted by atomic mass is 9.67. The number of nitrogens with zero attached hydrogens (tertiary/aromatic N) is 4. The van der Waals surface area contributed by atoms with E-state index in [2.05, 4.69) is 188 Å². The van der Waals surface area contributed by atoms with Crippen molar-refractivity contribution in [3.05, 3.63) is 229 Å². The summed E-state index contributed by atoms with van der Waals surface area (Å²) in [6, 6.07) is 74.2. The molecule has 0 saturated heterocycles. The van der Waals surface area contributed by atoms with Gasteiger partial charge in [-0.05, 0) is 63.7 Å². The van der Waals surface area contributed by atoms with E-state index in [1.807, 2.05) is 30.0 Å². The van der Waals surface area contributed by atoms with Crippen molar-refractivity contribution in [1.82, 2.24) is 19.9 Å². The zero-order valence-electron chi connectivity index (χ0n) is 34.7. The van der Waals surface area contributed by atoms with Gasteiger partial charge in [0.15, 0.2) is 17.5 Å². The van der Waals surface area contributed by atoms with Crippen LogP contribution in [0.15, 0.2) is 216 Å². The maximum atomic E-state index is 5.49. The normalized spacial score (nSPS) is 13.3. The molecule has 1 spiro atoms. The lowest BCUT2D eigenvalue weighted by Gasteiger charge is -2.40. The molecule has 0 fully saturated rings. The Hall–Kier alpha value is -7.77. The number of hydrogen-bond acceptors (Lipinski definition) is 6. The molecule has 0 amide bonds. The number of fused-ring (bicyclic) bond motifs is 16. The Kier molecular flexibility index (Phi) is 7.97. The van der Waals surface area contributed by atoms with E-state index in [0.29, 0.717) is 17.5 Å².